The summed E-state index contributed by atoms with van der Waals surface area (Å²) in [6, 6.07) is 20.7. The van der Waals surface area contributed by atoms with E-state index in [4.69, 9.17) is 4.74 Å². The van der Waals surface area contributed by atoms with Crippen LogP contribution < -0.4 is 4.74 Å². The largest absolute Gasteiger partial charge is 0.424 e. The van der Waals surface area contributed by atoms with Crippen molar-refractivity contribution in [2.24, 2.45) is 0 Å². The SMILES string of the molecule is CC(=O)c1ccccc1OC(=O)[C@@H](Cc1ccccc1)N1C(=O)c2ccccc2C1=O. The molecule has 1 atom stereocenters. The van der Waals surface area contributed by atoms with Gasteiger partial charge in [0.25, 0.3) is 11.8 Å². The molecule has 0 radical (unpaired) electrons. The lowest BCUT2D eigenvalue weighted by Gasteiger charge is -2.25. The van der Waals surface area contributed by atoms with E-state index in [1.165, 1.54) is 13.0 Å². The second kappa shape index (κ2) is 8.36. The Bertz CT molecular complexity index is 1150. The maximum atomic E-state index is 13.2. The lowest BCUT2D eigenvalue weighted by molar-refractivity contribution is -0.138. The Morgan fingerprint density at radius 1 is 0.806 bits per heavy atom. The van der Waals surface area contributed by atoms with Gasteiger partial charge in [0.2, 0.25) is 0 Å². The molecule has 0 N–H and O–H groups in total. The van der Waals surface area contributed by atoms with Gasteiger partial charge in [-0.2, -0.15) is 0 Å². The van der Waals surface area contributed by atoms with Crippen LogP contribution in [0.4, 0.5) is 0 Å². The van der Waals surface area contributed by atoms with Crippen LogP contribution >= 0.6 is 0 Å². The van der Waals surface area contributed by atoms with Crippen molar-refractivity contribution in [3.8, 4) is 5.75 Å². The van der Waals surface area contributed by atoms with Crippen molar-refractivity contribution < 1.29 is 23.9 Å². The summed E-state index contributed by atoms with van der Waals surface area (Å²) in [5.41, 5.74) is 1.52. The number of hydrogen-bond donors (Lipinski definition) is 0. The standard InChI is InChI=1S/C25H19NO5/c1-16(27)18-11-7-8-14-22(18)31-25(30)21(15-17-9-3-2-4-10-17)26-23(28)19-12-5-6-13-20(19)24(26)29/h2-14,21H,15H2,1H3/t21-/m1/s1. The average molecular weight is 413 g/mol. The van der Waals surface area contributed by atoms with Gasteiger partial charge in [-0.1, -0.05) is 54.6 Å². The highest BCUT2D eigenvalue weighted by Crippen LogP contribution is 2.27. The summed E-state index contributed by atoms with van der Waals surface area (Å²) >= 11 is 0. The molecule has 0 fully saturated rings. The second-order valence-electron chi connectivity index (χ2n) is 7.20. The molecule has 1 aliphatic heterocycles. The van der Waals surface area contributed by atoms with E-state index in [9.17, 15) is 19.2 Å². The molecule has 0 spiro atoms. The molecule has 31 heavy (non-hydrogen) atoms. The Labute approximate surface area is 179 Å². The molecule has 0 aromatic heterocycles. The van der Waals surface area contributed by atoms with E-state index in [-0.39, 0.29) is 34.6 Å². The number of carbonyl (C=O) groups is 4. The Morgan fingerprint density at radius 2 is 1.35 bits per heavy atom. The molecular weight excluding hydrogens is 394 g/mol. The second-order valence-corrected chi connectivity index (χ2v) is 7.20. The van der Waals surface area contributed by atoms with Crippen molar-refractivity contribution in [1.29, 1.82) is 0 Å². The van der Waals surface area contributed by atoms with Crippen molar-refractivity contribution in [1.82, 2.24) is 4.90 Å². The highest BCUT2D eigenvalue weighted by molar-refractivity contribution is 6.22. The maximum Gasteiger partial charge on any atom is 0.335 e. The predicted octanol–water partition coefficient (Wildman–Crippen LogP) is 3.70. The summed E-state index contributed by atoms with van der Waals surface area (Å²) < 4.78 is 5.54. The number of amides is 2. The first-order valence-electron chi connectivity index (χ1n) is 9.80. The van der Waals surface area contributed by atoms with E-state index < -0.39 is 23.8 Å². The number of fused-ring (bicyclic) bond motifs is 1. The van der Waals surface area contributed by atoms with Gasteiger partial charge in [0, 0.05) is 6.42 Å². The third-order valence-corrected chi connectivity index (χ3v) is 5.16. The fraction of sp³-hybridized carbons (Fsp3) is 0.120. The molecule has 0 bridgehead atoms. The number of hydrogen-bond acceptors (Lipinski definition) is 5. The molecule has 3 aromatic carbocycles. The molecular formula is C25H19NO5. The minimum absolute atomic E-state index is 0.0907. The van der Waals surface area contributed by atoms with Crippen molar-refractivity contribution in [2.45, 2.75) is 19.4 Å². The highest BCUT2D eigenvalue weighted by atomic mass is 16.5. The Balaban J connectivity index is 1.71. The first kappa shape index (κ1) is 20.2. The molecule has 154 valence electrons. The molecule has 0 unspecified atom stereocenters. The van der Waals surface area contributed by atoms with Crippen LogP contribution in [0.3, 0.4) is 0 Å². The number of carbonyl (C=O) groups excluding carboxylic acids is 4. The van der Waals surface area contributed by atoms with Crippen LogP contribution in [0.25, 0.3) is 0 Å². The predicted molar refractivity (Wildman–Crippen MR) is 113 cm³/mol. The van der Waals surface area contributed by atoms with Gasteiger partial charge in [-0.3, -0.25) is 19.3 Å². The number of imide groups is 1. The summed E-state index contributed by atoms with van der Waals surface area (Å²) in [4.78, 5) is 52.1. The number of ether oxygens (including phenoxy) is 1. The summed E-state index contributed by atoms with van der Waals surface area (Å²) in [6.45, 7) is 1.37. The van der Waals surface area contributed by atoms with Gasteiger partial charge in [-0.15, -0.1) is 0 Å². The lowest BCUT2D eigenvalue weighted by Crippen LogP contribution is -2.48. The zero-order valence-electron chi connectivity index (χ0n) is 16.8. The van der Waals surface area contributed by atoms with E-state index >= 15 is 0 Å². The third kappa shape index (κ3) is 3.88. The first-order chi connectivity index (χ1) is 15.0. The smallest absolute Gasteiger partial charge is 0.335 e. The topological polar surface area (TPSA) is 80.8 Å². The van der Waals surface area contributed by atoms with Crippen molar-refractivity contribution in [3.63, 3.8) is 0 Å². The average Bonchev–Trinajstić information content (AvgIpc) is 3.03. The van der Waals surface area contributed by atoms with E-state index in [0.717, 1.165) is 10.5 Å². The number of para-hydroxylation sites is 1. The molecule has 6 heteroatoms. The minimum Gasteiger partial charge on any atom is -0.424 e. The Kier molecular flexibility index (Phi) is 5.45. The number of nitrogens with zero attached hydrogens (tertiary/aromatic N) is 1. The zero-order chi connectivity index (χ0) is 22.0. The van der Waals surface area contributed by atoms with Crippen molar-refractivity contribution in [2.75, 3.05) is 0 Å². The number of esters is 1. The minimum atomic E-state index is -1.19. The van der Waals surface area contributed by atoms with Gasteiger partial charge >= 0.3 is 5.97 Å². The zero-order valence-corrected chi connectivity index (χ0v) is 16.8. The molecule has 4 rings (SSSR count). The molecule has 0 saturated carbocycles. The van der Waals surface area contributed by atoms with Gasteiger partial charge in [-0.05, 0) is 36.8 Å². The van der Waals surface area contributed by atoms with Gasteiger partial charge in [0.05, 0.1) is 16.7 Å². The van der Waals surface area contributed by atoms with E-state index in [1.54, 1.807) is 42.5 Å². The molecule has 6 nitrogen and oxygen atoms in total. The third-order valence-electron chi connectivity index (χ3n) is 5.16. The number of rotatable bonds is 6. The Hall–Kier alpha value is -4.06. The molecule has 3 aromatic rings. The van der Waals surface area contributed by atoms with Crippen molar-refractivity contribution in [3.05, 3.63) is 101 Å². The van der Waals surface area contributed by atoms with Gasteiger partial charge < -0.3 is 4.74 Å². The summed E-state index contributed by atoms with van der Waals surface area (Å²) in [5.74, 6) is -2.04. The normalized spacial score (nSPS) is 13.6. The number of Topliss-reactive ketones (excluding diaryl/α,β-unsaturated/α-hetero) is 1. The molecule has 2 amide bonds. The van der Waals surface area contributed by atoms with Gasteiger partial charge in [0.1, 0.15) is 11.8 Å². The number of ketones is 1. The van der Waals surface area contributed by atoms with Crippen LogP contribution in [-0.4, -0.2) is 34.5 Å². The highest BCUT2D eigenvalue weighted by Gasteiger charge is 2.43. The molecule has 1 aliphatic rings. The quantitative estimate of drug-likeness (QED) is 0.266. The fourth-order valence-corrected chi connectivity index (χ4v) is 3.63. The fourth-order valence-electron chi connectivity index (χ4n) is 3.63. The van der Waals surface area contributed by atoms with Crippen LogP contribution in [0.2, 0.25) is 0 Å². The first-order valence-corrected chi connectivity index (χ1v) is 9.80. The maximum absolute atomic E-state index is 13.2. The van der Waals surface area contributed by atoms with E-state index in [1.807, 2.05) is 30.3 Å². The molecule has 1 heterocycles. The van der Waals surface area contributed by atoms with Crippen LogP contribution in [-0.2, 0) is 11.2 Å². The summed E-state index contributed by atoms with van der Waals surface area (Å²) in [7, 11) is 0. The van der Waals surface area contributed by atoms with Crippen LogP contribution in [0, 0.1) is 0 Å². The number of benzene rings is 3. The summed E-state index contributed by atoms with van der Waals surface area (Å²) in [5, 5.41) is 0. The lowest BCUT2D eigenvalue weighted by atomic mass is 10.0. The van der Waals surface area contributed by atoms with Gasteiger partial charge in [0.15, 0.2) is 5.78 Å². The van der Waals surface area contributed by atoms with E-state index in [0.29, 0.717) is 0 Å². The van der Waals surface area contributed by atoms with Gasteiger partial charge in [-0.25, -0.2) is 4.79 Å². The van der Waals surface area contributed by atoms with Crippen LogP contribution in [0.1, 0.15) is 43.6 Å². The monoisotopic (exact) mass is 413 g/mol. The van der Waals surface area contributed by atoms with E-state index in [2.05, 4.69) is 0 Å². The summed E-state index contributed by atoms with van der Waals surface area (Å²) in [6.07, 6.45) is 0.0907. The van der Waals surface area contributed by atoms with Crippen LogP contribution in [0.5, 0.6) is 5.75 Å². The van der Waals surface area contributed by atoms with Crippen molar-refractivity contribution >= 4 is 23.6 Å². The molecule has 0 aliphatic carbocycles. The van der Waals surface area contributed by atoms with Crippen LogP contribution in [0.15, 0.2) is 78.9 Å². The molecule has 0 saturated heterocycles. The Morgan fingerprint density at radius 3 is 1.97 bits per heavy atom.